The van der Waals surface area contributed by atoms with Gasteiger partial charge >= 0.3 is 6.18 Å². The van der Waals surface area contributed by atoms with Crippen molar-refractivity contribution in [1.29, 1.82) is 0 Å². The molecule has 4 heteroatoms. The van der Waals surface area contributed by atoms with Gasteiger partial charge < -0.3 is 4.90 Å². The van der Waals surface area contributed by atoms with E-state index in [2.05, 4.69) is 0 Å². The fraction of sp³-hybridized carbons (Fsp3) is 0.818. The molecule has 1 atom stereocenters. The van der Waals surface area contributed by atoms with Crippen molar-refractivity contribution in [3.8, 4) is 0 Å². The Hall–Kier alpha value is -0.670. The van der Waals surface area contributed by atoms with Gasteiger partial charge in [0, 0.05) is 19.3 Å². The van der Waals surface area contributed by atoms with E-state index in [0.717, 1.165) is 0 Å². The molecule has 0 aromatic carbocycles. The van der Waals surface area contributed by atoms with Crippen molar-refractivity contribution >= 4 is 0 Å². The van der Waals surface area contributed by atoms with Crippen LogP contribution in [0.2, 0.25) is 0 Å². The van der Waals surface area contributed by atoms with Crippen LogP contribution < -0.4 is 0 Å². The van der Waals surface area contributed by atoms with Crippen molar-refractivity contribution < 1.29 is 13.2 Å². The van der Waals surface area contributed by atoms with Crippen LogP contribution in [0.1, 0.15) is 34.6 Å². The lowest BCUT2D eigenvalue weighted by Gasteiger charge is -2.27. The average molecular weight is 225 g/mol. The maximum atomic E-state index is 12.3. The fourth-order valence-electron chi connectivity index (χ4n) is 1.15. The standard InChI is InChI=1S/C9H16F3N.C2H6/c1-5-8(13(4)6-2)7(3)9(10,11)12;1-2/h5,7H,6H2,1-4H3;1-2H3/b8-5-;. The van der Waals surface area contributed by atoms with Crippen LogP contribution in [0.3, 0.4) is 0 Å². The highest BCUT2D eigenvalue weighted by atomic mass is 19.4. The molecule has 0 heterocycles. The Bertz CT molecular complexity index is 185. The third kappa shape index (κ3) is 5.70. The van der Waals surface area contributed by atoms with Crippen LogP contribution >= 0.6 is 0 Å². The number of hydrogen-bond acceptors (Lipinski definition) is 1. The third-order valence-corrected chi connectivity index (χ3v) is 2.15. The molecule has 1 nitrogen and oxygen atoms in total. The van der Waals surface area contributed by atoms with Crippen LogP contribution in [-0.4, -0.2) is 24.7 Å². The van der Waals surface area contributed by atoms with E-state index in [0.29, 0.717) is 12.2 Å². The summed E-state index contributed by atoms with van der Waals surface area (Å²) in [5.41, 5.74) is 0.329. The quantitative estimate of drug-likeness (QED) is 0.700. The van der Waals surface area contributed by atoms with Gasteiger partial charge in [-0.3, -0.25) is 0 Å². The third-order valence-electron chi connectivity index (χ3n) is 2.15. The summed E-state index contributed by atoms with van der Waals surface area (Å²) in [6.45, 7) is 9.22. The SMILES string of the molecule is C/C=C(/C(C)C(F)(F)F)N(C)CC.CC. The Morgan fingerprint density at radius 1 is 1.33 bits per heavy atom. The molecule has 15 heavy (non-hydrogen) atoms. The zero-order chi connectivity index (χ0) is 12.6. The van der Waals surface area contributed by atoms with Crippen molar-refractivity contribution in [2.24, 2.45) is 5.92 Å². The van der Waals surface area contributed by atoms with Crippen molar-refractivity contribution in [3.05, 3.63) is 11.8 Å². The lowest BCUT2D eigenvalue weighted by Crippen LogP contribution is -2.30. The number of rotatable bonds is 3. The van der Waals surface area contributed by atoms with Crippen LogP contribution in [0, 0.1) is 5.92 Å². The van der Waals surface area contributed by atoms with E-state index in [1.165, 1.54) is 13.0 Å². The van der Waals surface area contributed by atoms with Gasteiger partial charge in [0.2, 0.25) is 0 Å². The van der Waals surface area contributed by atoms with Crippen LogP contribution in [0.4, 0.5) is 13.2 Å². The summed E-state index contributed by atoms with van der Waals surface area (Å²) in [6, 6.07) is 0. The maximum Gasteiger partial charge on any atom is 0.396 e. The molecule has 0 fully saturated rings. The Balaban J connectivity index is 0. The van der Waals surface area contributed by atoms with Crippen molar-refractivity contribution in [2.45, 2.75) is 40.8 Å². The summed E-state index contributed by atoms with van der Waals surface area (Å²) in [7, 11) is 1.66. The van der Waals surface area contributed by atoms with Gasteiger partial charge in [-0.1, -0.05) is 19.9 Å². The summed E-state index contributed by atoms with van der Waals surface area (Å²) in [6.07, 6.45) is -2.63. The molecule has 0 radical (unpaired) electrons. The fourth-order valence-corrected chi connectivity index (χ4v) is 1.15. The molecule has 0 N–H and O–H groups in total. The van der Waals surface area contributed by atoms with Crippen LogP contribution in [0.25, 0.3) is 0 Å². The summed E-state index contributed by atoms with van der Waals surface area (Å²) in [5, 5.41) is 0. The Labute approximate surface area is 91.0 Å². The molecule has 0 rings (SSSR count). The largest absolute Gasteiger partial charge is 0.396 e. The zero-order valence-electron chi connectivity index (χ0n) is 10.4. The van der Waals surface area contributed by atoms with E-state index in [9.17, 15) is 13.2 Å². The maximum absolute atomic E-state index is 12.3. The number of alkyl halides is 3. The molecule has 0 aliphatic heterocycles. The molecule has 92 valence electrons. The van der Waals surface area contributed by atoms with Gasteiger partial charge in [-0.25, -0.2) is 0 Å². The number of nitrogens with zero attached hydrogens (tertiary/aromatic N) is 1. The van der Waals surface area contributed by atoms with Crippen LogP contribution in [0.5, 0.6) is 0 Å². The zero-order valence-corrected chi connectivity index (χ0v) is 10.4. The average Bonchev–Trinajstić information content (AvgIpc) is 2.20. The highest BCUT2D eigenvalue weighted by Gasteiger charge is 2.39. The molecular formula is C11H22F3N. The second-order valence-corrected chi connectivity index (χ2v) is 2.99. The normalized spacial score (nSPS) is 14.1. The lowest BCUT2D eigenvalue weighted by molar-refractivity contribution is -0.163. The molecule has 0 spiro atoms. The topological polar surface area (TPSA) is 3.24 Å². The second-order valence-electron chi connectivity index (χ2n) is 2.99. The minimum Gasteiger partial charge on any atom is -0.378 e. The Morgan fingerprint density at radius 3 is 1.93 bits per heavy atom. The van der Waals surface area contributed by atoms with Gasteiger partial charge in [-0.2, -0.15) is 13.2 Å². The monoisotopic (exact) mass is 225 g/mol. The first-order chi connectivity index (χ1) is 6.84. The summed E-state index contributed by atoms with van der Waals surface area (Å²) >= 11 is 0. The molecule has 1 unspecified atom stereocenters. The predicted octanol–water partition coefficient (Wildman–Crippen LogP) is 4.07. The molecule has 0 aromatic rings. The first-order valence-electron chi connectivity index (χ1n) is 5.28. The van der Waals surface area contributed by atoms with Gasteiger partial charge in [0.25, 0.3) is 0 Å². The molecule has 0 saturated carbocycles. The molecule has 0 aliphatic carbocycles. The molecule has 0 saturated heterocycles. The van der Waals surface area contributed by atoms with E-state index in [-0.39, 0.29) is 0 Å². The molecule has 0 bridgehead atoms. The first kappa shape index (κ1) is 16.7. The Kier molecular flexibility index (Phi) is 8.49. The van der Waals surface area contributed by atoms with Gasteiger partial charge in [-0.15, -0.1) is 0 Å². The molecule has 0 aliphatic rings. The molecule has 0 amide bonds. The van der Waals surface area contributed by atoms with E-state index in [1.54, 1.807) is 18.9 Å². The summed E-state index contributed by atoms with van der Waals surface area (Å²) in [5.74, 6) is -1.39. The first-order valence-corrected chi connectivity index (χ1v) is 5.28. The highest BCUT2D eigenvalue weighted by molar-refractivity contribution is 5.05. The van der Waals surface area contributed by atoms with Gasteiger partial charge in [-0.05, 0) is 20.8 Å². The van der Waals surface area contributed by atoms with Crippen molar-refractivity contribution in [1.82, 2.24) is 4.90 Å². The molecular weight excluding hydrogens is 203 g/mol. The summed E-state index contributed by atoms with van der Waals surface area (Å²) in [4.78, 5) is 1.61. The van der Waals surface area contributed by atoms with E-state index >= 15 is 0 Å². The minimum absolute atomic E-state index is 0.329. The van der Waals surface area contributed by atoms with Crippen LogP contribution in [-0.2, 0) is 0 Å². The van der Waals surface area contributed by atoms with Crippen molar-refractivity contribution in [2.75, 3.05) is 13.6 Å². The van der Waals surface area contributed by atoms with Crippen LogP contribution in [0.15, 0.2) is 11.8 Å². The smallest absolute Gasteiger partial charge is 0.378 e. The van der Waals surface area contributed by atoms with E-state index in [1.807, 2.05) is 20.8 Å². The number of halogens is 3. The number of allylic oxidation sites excluding steroid dienone is 2. The molecule has 0 aromatic heterocycles. The van der Waals surface area contributed by atoms with Gasteiger partial charge in [0.05, 0.1) is 5.92 Å². The van der Waals surface area contributed by atoms with Crippen molar-refractivity contribution in [3.63, 3.8) is 0 Å². The second kappa shape index (κ2) is 7.60. The highest BCUT2D eigenvalue weighted by Crippen LogP contribution is 2.32. The minimum atomic E-state index is -4.15. The Morgan fingerprint density at radius 2 is 1.73 bits per heavy atom. The van der Waals surface area contributed by atoms with E-state index < -0.39 is 12.1 Å². The predicted molar refractivity (Wildman–Crippen MR) is 58.6 cm³/mol. The summed E-state index contributed by atoms with van der Waals surface area (Å²) < 4.78 is 36.9. The van der Waals surface area contributed by atoms with Gasteiger partial charge in [0.15, 0.2) is 0 Å². The lowest BCUT2D eigenvalue weighted by atomic mass is 10.1. The van der Waals surface area contributed by atoms with Gasteiger partial charge in [0.1, 0.15) is 0 Å². The van der Waals surface area contributed by atoms with E-state index in [4.69, 9.17) is 0 Å². The number of hydrogen-bond donors (Lipinski definition) is 0.